The molecule has 1 fully saturated rings. The van der Waals surface area contributed by atoms with Gasteiger partial charge in [0.15, 0.2) is 0 Å². The van der Waals surface area contributed by atoms with Crippen LogP contribution in [0.2, 0.25) is 0 Å². The minimum atomic E-state index is -0.394. The fraction of sp³-hybridized carbons (Fsp3) is 0.224. The molecule has 26 heteroatoms. The predicted octanol–water partition coefficient (Wildman–Crippen LogP) is 33.9. The molecule has 0 atom stereocenters. The first kappa shape index (κ1) is 132. The molecule has 0 aliphatic carbocycles. The number of allylic oxidation sites excluding steroid dienone is 5. The first-order valence-corrected chi connectivity index (χ1v) is 46.2. The minimum absolute atomic E-state index is 0. The third kappa shape index (κ3) is 50.9. The number of rotatable bonds is 12. The quantitative estimate of drug-likeness (QED) is 0.0310. The number of hydrogen-bond acceptors (Lipinski definition) is 13. The Balaban J connectivity index is -0.000000247. The lowest BCUT2D eigenvalue weighted by atomic mass is 9.78. The Bertz CT molecular complexity index is 4730. The first-order valence-electron chi connectivity index (χ1n) is 35.0. The molecule has 1 heterocycles. The van der Waals surface area contributed by atoms with E-state index in [1.54, 1.807) is 115 Å². The van der Waals surface area contributed by atoms with E-state index in [0.29, 0.717) is 53.8 Å². The maximum atomic E-state index is 10.0. The summed E-state index contributed by atoms with van der Waals surface area (Å²) in [5.41, 5.74) is 6.62. The molecule has 0 unspecified atom stereocenters. The van der Waals surface area contributed by atoms with Gasteiger partial charge in [0, 0.05) is 29.7 Å². The van der Waals surface area contributed by atoms with Gasteiger partial charge < -0.3 is 65.5 Å². The Kier molecular flexibility index (Phi) is 75.7. The maximum absolute atomic E-state index is 10.0. The molecule has 0 amide bonds. The van der Waals surface area contributed by atoms with E-state index in [1.165, 1.54) is 6.42 Å². The van der Waals surface area contributed by atoms with E-state index in [2.05, 4.69) is 278 Å². The molecular formula is C98H123BBr6I6O13. The van der Waals surface area contributed by atoms with Gasteiger partial charge in [0.25, 0.3) is 0 Å². The molecule has 0 spiro atoms. The number of halogens is 12. The van der Waals surface area contributed by atoms with Crippen LogP contribution in [0.1, 0.15) is 135 Å². The summed E-state index contributed by atoms with van der Waals surface area (Å²) >= 11 is 32.3. The zero-order valence-corrected chi connectivity index (χ0v) is 86.7. The molecule has 680 valence electrons. The van der Waals surface area contributed by atoms with E-state index in [9.17, 15) is 20.4 Å². The van der Waals surface area contributed by atoms with Gasteiger partial charge in [0.1, 0.15) is 63.2 Å². The summed E-state index contributed by atoms with van der Waals surface area (Å²) in [5, 5.41) is 102. The molecule has 13 nitrogen and oxygen atoms in total. The second-order valence-corrected chi connectivity index (χ2v) is 37.6. The Hall–Kier alpha value is -4.84. The van der Waals surface area contributed by atoms with Crippen molar-refractivity contribution in [3.8, 4) is 74.4 Å². The molecule has 11 aromatic rings. The Morgan fingerprint density at radius 2 is 0.718 bits per heavy atom. The Morgan fingerprint density at radius 3 is 1.13 bits per heavy atom. The molecule has 11 N–H and O–H groups in total. The van der Waals surface area contributed by atoms with Crippen LogP contribution < -0.4 is 5.46 Å². The molecule has 0 bridgehead atoms. The van der Waals surface area contributed by atoms with E-state index in [-0.39, 0.29) is 99.4 Å². The van der Waals surface area contributed by atoms with Crippen LogP contribution in [0.15, 0.2) is 302 Å². The van der Waals surface area contributed by atoms with Crippen LogP contribution in [-0.2, 0) is 41.4 Å². The summed E-state index contributed by atoms with van der Waals surface area (Å²) in [4.78, 5) is 0. The standard InChI is InChI=1S/C18H18O2.C15H21BO3.2C9H9BrO.4C6H4BrIO.2C6H5IO.C3H8.8CH4/c1-3-5-13-7-9-18(20)16(11-13)14-8-10-17(19)15(12-14)6-4-2;1-6-7-11-10-12(8-9-13(11)17)16-18-14(2,3)15(4,5)19-16;1-2-3-7-6-8(10)4-5-9(7)11;1-2-3-7-4-5-9(11)8(10)6-7;7-5-3-4(9)1-2-6(5)8;7-5-3-4(8)1-2-6(5)9;7-4-1-2-6(9)5(8)3-4;7-4-2-1-3-5(8)6(4)9;7-5-1-3-6(8)4-2-5;7-5-3-1-2-4-6(5)8;1-3-2;;;;;;;;/h3-4,7-12,19-20H,1-2,5-6H2;6,8-10,17H,1,7H2,2-5H3;2*2,4-6,11H,1,3H2;4*1-3,9H;2*1-4,8H;3H2,1-2H3;8*1H4. The molecule has 11 aromatic carbocycles. The van der Waals surface area contributed by atoms with Crippen molar-refractivity contribution in [3.63, 3.8) is 0 Å². The summed E-state index contributed by atoms with van der Waals surface area (Å²) in [6.45, 7) is 30.7. The highest BCUT2D eigenvalue weighted by Crippen LogP contribution is 2.38. The third-order valence-electron chi connectivity index (χ3n) is 15.3. The van der Waals surface area contributed by atoms with Gasteiger partial charge in [-0.25, -0.2) is 0 Å². The highest BCUT2D eigenvalue weighted by atomic mass is 127. The van der Waals surface area contributed by atoms with E-state index in [0.717, 1.165) is 106 Å². The summed E-state index contributed by atoms with van der Waals surface area (Å²) in [6, 6.07) is 62.7. The summed E-state index contributed by atoms with van der Waals surface area (Å²) in [5.74, 6) is 3.27. The van der Waals surface area contributed by atoms with Gasteiger partial charge in [-0.3, -0.25) is 0 Å². The van der Waals surface area contributed by atoms with E-state index in [1.807, 2.05) is 155 Å². The molecule has 124 heavy (non-hydrogen) atoms. The normalized spacial score (nSPS) is 10.6. The fourth-order valence-electron chi connectivity index (χ4n) is 8.78. The van der Waals surface area contributed by atoms with Gasteiger partial charge >= 0.3 is 7.12 Å². The van der Waals surface area contributed by atoms with Crippen LogP contribution >= 0.6 is 231 Å². The molecule has 1 aliphatic heterocycles. The highest BCUT2D eigenvalue weighted by Gasteiger charge is 2.51. The lowest BCUT2D eigenvalue weighted by molar-refractivity contribution is 0.00578. The summed E-state index contributed by atoms with van der Waals surface area (Å²) < 4.78 is 23.1. The van der Waals surface area contributed by atoms with Gasteiger partial charge in [0.05, 0.1) is 35.3 Å². The average Bonchev–Trinajstić information content (AvgIpc) is 1.62. The largest absolute Gasteiger partial charge is 0.508 e. The van der Waals surface area contributed by atoms with Crippen molar-refractivity contribution in [3.05, 3.63) is 352 Å². The molecule has 0 saturated carbocycles. The number of phenolic OH excluding ortho intramolecular Hbond substituents is 11. The second kappa shape index (κ2) is 71.0. The van der Waals surface area contributed by atoms with Gasteiger partial charge in [-0.1, -0.05) is 190 Å². The van der Waals surface area contributed by atoms with Gasteiger partial charge in [-0.05, 0) is 462 Å². The molecule has 1 saturated heterocycles. The predicted molar refractivity (Wildman–Crippen MR) is 606 cm³/mol. The van der Waals surface area contributed by atoms with Crippen LogP contribution in [0, 0.1) is 21.4 Å². The fourth-order valence-corrected chi connectivity index (χ4v) is 14.9. The maximum Gasteiger partial charge on any atom is 0.494 e. The van der Waals surface area contributed by atoms with Crippen molar-refractivity contribution >= 4 is 244 Å². The lowest BCUT2D eigenvalue weighted by Crippen LogP contribution is -2.41. The molecule has 0 aromatic heterocycles. The number of hydrogen-bond donors (Lipinski definition) is 11. The topological polar surface area (TPSA) is 241 Å². The zero-order chi connectivity index (χ0) is 87.4. The third-order valence-corrected chi connectivity index (χ3v) is 24.6. The molecular weight excluding hydrogens is 2640 g/mol. The SMILES string of the molecule is C.C.C.C.C.C.C.C.C=CCc1cc(B2OC(C)(C)C(C)(C)O2)ccc1O.C=CCc1cc(Br)ccc1O.C=CCc1ccc(O)c(-c2ccc(O)c(CC=C)c2)c1.C=CCc1ccc(O)c(Br)c1.CCC.Oc1c(Br)cccc1I.Oc1ccc(Br)cc1I.Oc1ccc(I)c(Br)c1.Oc1ccc(I)cc1.Oc1ccc(I)cc1Br.Oc1ccccc1I. The van der Waals surface area contributed by atoms with Crippen molar-refractivity contribution < 1.29 is 65.5 Å². The Morgan fingerprint density at radius 1 is 0.323 bits per heavy atom. The number of benzene rings is 11. The van der Waals surface area contributed by atoms with Crippen molar-refractivity contribution in [1.82, 2.24) is 0 Å². The van der Waals surface area contributed by atoms with Crippen LogP contribution in [0.3, 0.4) is 0 Å². The monoisotopic (exact) mass is 2750 g/mol. The number of phenols is 11. The van der Waals surface area contributed by atoms with Gasteiger partial charge in [-0.15, -0.1) is 32.9 Å². The summed E-state index contributed by atoms with van der Waals surface area (Å²) in [7, 11) is -0.394. The van der Waals surface area contributed by atoms with Crippen molar-refractivity contribution in [2.45, 2.75) is 151 Å². The molecule has 0 radical (unpaired) electrons. The smallest absolute Gasteiger partial charge is 0.494 e. The second-order valence-electron chi connectivity index (χ2n) is 25.2. The van der Waals surface area contributed by atoms with Crippen LogP contribution in [0.4, 0.5) is 0 Å². The van der Waals surface area contributed by atoms with Crippen molar-refractivity contribution in [2.24, 2.45) is 0 Å². The first-order chi connectivity index (χ1) is 54.7. The van der Waals surface area contributed by atoms with Crippen LogP contribution in [0.5, 0.6) is 63.2 Å². The Labute approximate surface area is 874 Å². The zero-order valence-electron chi connectivity index (χ0n) is 64.2. The molecule has 12 rings (SSSR count). The van der Waals surface area contributed by atoms with Gasteiger partial charge in [-0.2, -0.15) is 0 Å². The minimum Gasteiger partial charge on any atom is -0.508 e. The molecule has 1 aliphatic rings. The van der Waals surface area contributed by atoms with E-state index >= 15 is 0 Å². The van der Waals surface area contributed by atoms with Crippen molar-refractivity contribution in [2.75, 3.05) is 0 Å². The highest BCUT2D eigenvalue weighted by molar-refractivity contribution is 14.1. The summed E-state index contributed by atoms with van der Waals surface area (Å²) in [6.07, 6.45) is 13.7. The van der Waals surface area contributed by atoms with Gasteiger partial charge in [0.2, 0.25) is 0 Å². The van der Waals surface area contributed by atoms with Crippen LogP contribution in [0.25, 0.3) is 11.1 Å². The average molecular weight is 2760 g/mol. The lowest BCUT2D eigenvalue weighted by Gasteiger charge is -2.32. The van der Waals surface area contributed by atoms with E-state index < -0.39 is 7.12 Å². The van der Waals surface area contributed by atoms with Crippen molar-refractivity contribution in [1.29, 1.82) is 0 Å². The van der Waals surface area contributed by atoms with Crippen LogP contribution in [-0.4, -0.2) is 74.5 Å². The number of aromatic hydroxyl groups is 11. The number of para-hydroxylation sites is 2. The van der Waals surface area contributed by atoms with E-state index in [4.69, 9.17) is 45.1 Å².